The van der Waals surface area contributed by atoms with Gasteiger partial charge in [-0.3, -0.25) is 15.0 Å². The van der Waals surface area contributed by atoms with Gasteiger partial charge in [-0.1, -0.05) is 6.07 Å². The first-order chi connectivity index (χ1) is 22.9. The molecular formula is C33H32F3N7O4S. The second kappa shape index (κ2) is 13.2. The monoisotopic (exact) mass is 679 g/mol. The van der Waals surface area contributed by atoms with E-state index in [0.717, 1.165) is 48.3 Å². The highest BCUT2D eigenvalue weighted by Crippen LogP contribution is 2.39. The Morgan fingerprint density at radius 3 is 2.67 bits per heavy atom. The second-order valence-corrected chi connectivity index (χ2v) is 12.5. The van der Waals surface area contributed by atoms with E-state index in [4.69, 9.17) is 0 Å². The third-order valence-electron chi connectivity index (χ3n) is 8.39. The van der Waals surface area contributed by atoms with Gasteiger partial charge in [0.25, 0.3) is 0 Å². The molecule has 1 aromatic carbocycles. The number of anilines is 1. The number of aromatic nitrogens is 4. The lowest BCUT2D eigenvalue weighted by Crippen LogP contribution is -2.37. The number of piperidine rings is 1. The van der Waals surface area contributed by atoms with Crippen molar-refractivity contribution in [1.82, 2.24) is 29.3 Å². The van der Waals surface area contributed by atoms with Crippen LogP contribution in [0.15, 0.2) is 65.2 Å². The summed E-state index contributed by atoms with van der Waals surface area (Å²) in [6.07, 6.45) is 1.77. The normalized spacial score (nSPS) is 15.5. The van der Waals surface area contributed by atoms with Gasteiger partial charge in [-0.2, -0.15) is 13.2 Å². The van der Waals surface area contributed by atoms with Crippen LogP contribution in [0.2, 0.25) is 0 Å². The molecule has 15 heteroatoms. The zero-order valence-corrected chi connectivity index (χ0v) is 26.9. The lowest BCUT2D eigenvalue weighted by molar-refractivity contribution is -0.140. The van der Waals surface area contributed by atoms with Gasteiger partial charge >= 0.3 is 18.2 Å². The molecule has 0 radical (unpaired) electrons. The Kier molecular flexibility index (Phi) is 9.07. The summed E-state index contributed by atoms with van der Waals surface area (Å²) < 4.78 is 44.4. The van der Waals surface area contributed by atoms with Gasteiger partial charge in [-0.15, -0.1) is 11.3 Å². The molecule has 0 saturated carbocycles. The highest BCUT2D eigenvalue weighted by Gasteiger charge is 2.34. The first kappa shape index (κ1) is 32.9. The van der Waals surface area contributed by atoms with Gasteiger partial charge in [0.15, 0.2) is 5.69 Å². The number of carboxylic acids is 1. The van der Waals surface area contributed by atoms with Crippen LogP contribution in [0.3, 0.4) is 0 Å². The largest absolute Gasteiger partial charge is 0.477 e. The van der Waals surface area contributed by atoms with E-state index in [9.17, 15) is 32.7 Å². The Labute approximate surface area is 276 Å². The first-order valence-electron chi connectivity index (χ1n) is 15.3. The summed E-state index contributed by atoms with van der Waals surface area (Å²) in [5, 5.41) is 16.2. The molecular weight excluding hydrogens is 647 g/mol. The van der Waals surface area contributed by atoms with Crippen LogP contribution in [0.4, 0.5) is 23.8 Å². The van der Waals surface area contributed by atoms with Gasteiger partial charge in [0, 0.05) is 78.9 Å². The molecule has 11 nitrogen and oxygen atoms in total. The molecule has 0 spiro atoms. The predicted octanol–water partition coefficient (Wildman–Crippen LogP) is 6.22. The molecule has 0 unspecified atom stereocenters. The van der Waals surface area contributed by atoms with Crippen molar-refractivity contribution in [3.8, 4) is 21.7 Å². The zero-order chi connectivity index (χ0) is 34.2. The number of hydrogen-bond acceptors (Lipinski definition) is 7. The van der Waals surface area contributed by atoms with Crippen LogP contribution in [-0.2, 0) is 19.8 Å². The van der Waals surface area contributed by atoms with Crippen molar-refractivity contribution in [2.24, 2.45) is 7.05 Å². The number of aromatic carboxylic acids is 1. The summed E-state index contributed by atoms with van der Waals surface area (Å²) in [6, 6.07) is 9.80. The predicted molar refractivity (Wildman–Crippen MR) is 176 cm³/mol. The number of carbonyl (C=O) groups excluding carboxylic acids is 1. The Morgan fingerprint density at radius 1 is 1.17 bits per heavy atom. The summed E-state index contributed by atoms with van der Waals surface area (Å²) in [5.74, 6) is -1.28. The number of urea groups is 1. The molecule has 1 aliphatic heterocycles. The number of halogens is 3. The summed E-state index contributed by atoms with van der Waals surface area (Å²) in [6.45, 7) is 4.32. The smallest absolute Gasteiger partial charge is 0.434 e. The number of thiazole rings is 1. The van der Waals surface area contributed by atoms with Crippen molar-refractivity contribution < 1.29 is 27.9 Å². The molecule has 1 fully saturated rings. The van der Waals surface area contributed by atoms with Crippen LogP contribution in [0.25, 0.3) is 32.6 Å². The Hall–Kier alpha value is -5.02. The van der Waals surface area contributed by atoms with Crippen molar-refractivity contribution in [3.05, 3.63) is 87.5 Å². The number of pyridine rings is 2. The second-order valence-electron chi connectivity index (χ2n) is 11.6. The fraction of sp³-hybridized carbons (Fsp3) is 0.303. The molecule has 48 heavy (non-hydrogen) atoms. The van der Waals surface area contributed by atoms with Gasteiger partial charge in [0.1, 0.15) is 16.4 Å². The van der Waals surface area contributed by atoms with Crippen LogP contribution < -0.4 is 16.1 Å². The van der Waals surface area contributed by atoms with E-state index >= 15 is 0 Å². The maximum atomic E-state index is 13.6. The molecule has 1 aliphatic rings. The minimum atomic E-state index is -4.67. The van der Waals surface area contributed by atoms with E-state index in [0.29, 0.717) is 29.7 Å². The molecule has 1 atom stereocenters. The summed E-state index contributed by atoms with van der Waals surface area (Å²) in [5.41, 5.74) is 0.573. The summed E-state index contributed by atoms with van der Waals surface area (Å²) >= 11 is 0.776. The van der Waals surface area contributed by atoms with Crippen LogP contribution in [-0.4, -0.2) is 60.7 Å². The fourth-order valence-electron chi connectivity index (χ4n) is 6.05. The number of rotatable bonds is 8. The van der Waals surface area contributed by atoms with Gasteiger partial charge in [0.2, 0.25) is 5.43 Å². The summed E-state index contributed by atoms with van der Waals surface area (Å²) in [4.78, 5) is 48.5. The number of benzene rings is 1. The topological polar surface area (TPSA) is 134 Å². The molecule has 1 saturated heterocycles. The van der Waals surface area contributed by atoms with Crippen LogP contribution in [0.5, 0.6) is 0 Å². The number of likely N-dealkylation sites (tertiary alicyclic amines) is 1. The molecule has 6 rings (SSSR count). The molecule has 2 amide bonds. The van der Waals surface area contributed by atoms with E-state index in [1.165, 1.54) is 18.5 Å². The van der Waals surface area contributed by atoms with Gasteiger partial charge in [-0.25, -0.2) is 19.6 Å². The molecule has 0 bridgehead atoms. The average Bonchev–Trinajstić information content (AvgIpc) is 3.71. The van der Waals surface area contributed by atoms with Gasteiger partial charge < -0.3 is 19.6 Å². The van der Waals surface area contributed by atoms with Crippen molar-refractivity contribution in [2.75, 3.05) is 25.0 Å². The number of fused-ring (bicyclic) bond motifs is 1. The van der Waals surface area contributed by atoms with Crippen molar-refractivity contribution >= 4 is 40.1 Å². The average molecular weight is 680 g/mol. The first-order valence-corrected chi connectivity index (χ1v) is 16.1. The number of amides is 2. The maximum Gasteiger partial charge on any atom is 0.434 e. The van der Waals surface area contributed by atoms with Crippen LogP contribution >= 0.6 is 11.3 Å². The maximum absolute atomic E-state index is 13.6. The molecule has 250 valence electrons. The standard InChI is InChI=1S/C33H32F3N7O4S/c1-3-37-32(47)40-28-13-22(30-39-27(18-48-30)33(34,35)36)24(14-38-28)19-8-9-26-23(12-19)29(44)25(31(45)46)17-43(26)21-7-5-11-42(16-21)15-20-6-4-10-41(20)2/h4,6,8-10,12-14,17-18,21H,3,5,7,11,15-16H2,1-2H3,(H,45,46)(H2,37,38,40,47)/t21-/m0/s1. The van der Waals surface area contributed by atoms with E-state index in [2.05, 4.69) is 36.1 Å². The number of aryl methyl sites for hydroxylation is 1. The highest BCUT2D eigenvalue weighted by molar-refractivity contribution is 7.13. The lowest BCUT2D eigenvalue weighted by atomic mass is 9.98. The highest BCUT2D eigenvalue weighted by atomic mass is 32.1. The molecule has 4 aromatic heterocycles. The van der Waals surface area contributed by atoms with E-state index in [-0.39, 0.29) is 33.4 Å². The minimum Gasteiger partial charge on any atom is -0.477 e. The van der Waals surface area contributed by atoms with Crippen molar-refractivity contribution in [2.45, 2.75) is 38.5 Å². The SMILES string of the molecule is CCNC(=O)Nc1cc(-c2nc(C(F)(F)F)cs2)c(-c2ccc3c(c2)c(=O)c(C(=O)O)cn3[C@H]2CCCN(Cc3cccn3C)C2)cn1. The fourth-order valence-corrected chi connectivity index (χ4v) is 6.90. The molecule has 3 N–H and O–H groups in total. The van der Waals surface area contributed by atoms with Crippen molar-refractivity contribution in [3.63, 3.8) is 0 Å². The van der Waals surface area contributed by atoms with E-state index in [1.54, 1.807) is 25.1 Å². The molecule has 0 aliphatic carbocycles. The molecule has 5 aromatic rings. The lowest BCUT2D eigenvalue weighted by Gasteiger charge is -2.35. The number of alkyl halides is 3. The third-order valence-corrected chi connectivity index (χ3v) is 9.27. The number of nitrogens with one attached hydrogen (secondary N) is 2. The Morgan fingerprint density at radius 2 is 1.98 bits per heavy atom. The Balaban J connectivity index is 1.44. The van der Waals surface area contributed by atoms with Gasteiger partial charge in [0.05, 0.1) is 5.52 Å². The third kappa shape index (κ3) is 6.69. The molecule has 5 heterocycles. The number of carboxylic acid groups (broad SMARTS) is 1. The quantitative estimate of drug-likeness (QED) is 0.177. The van der Waals surface area contributed by atoms with Crippen LogP contribution in [0, 0.1) is 0 Å². The zero-order valence-electron chi connectivity index (χ0n) is 26.0. The number of carbonyl (C=O) groups is 2. The number of nitrogens with zero attached hydrogens (tertiary/aromatic N) is 5. The van der Waals surface area contributed by atoms with E-state index < -0.39 is 29.3 Å². The minimum absolute atomic E-state index is 0.0241. The number of hydrogen-bond donors (Lipinski definition) is 3. The van der Waals surface area contributed by atoms with Gasteiger partial charge in [-0.05, 0) is 62.2 Å². The van der Waals surface area contributed by atoms with Crippen molar-refractivity contribution in [1.29, 1.82) is 0 Å². The van der Waals surface area contributed by atoms with Crippen LogP contribution in [0.1, 0.15) is 47.6 Å². The Bertz CT molecular complexity index is 2070. The summed E-state index contributed by atoms with van der Waals surface area (Å²) in [7, 11) is 1.99. The van der Waals surface area contributed by atoms with E-state index in [1.807, 2.05) is 23.9 Å².